The van der Waals surface area contributed by atoms with Crippen LogP contribution in [0, 0.1) is 6.92 Å². The lowest BCUT2D eigenvalue weighted by molar-refractivity contribution is 0.0727. The predicted molar refractivity (Wildman–Crippen MR) is 73.2 cm³/mol. The fourth-order valence-corrected chi connectivity index (χ4v) is 1.69. The number of nitrogens with zero attached hydrogens (tertiary/aromatic N) is 2. The second-order valence-corrected chi connectivity index (χ2v) is 4.70. The number of rotatable bonds is 3. The molecule has 19 heavy (non-hydrogen) atoms. The highest BCUT2D eigenvalue weighted by atomic mass is 16.5. The van der Waals surface area contributed by atoms with Crippen LogP contribution in [-0.4, -0.2) is 15.7 Å². The molecule has 5 nitrogen and oxygen atoms in total. The summed E-state index contributed by atoms with van der Waals surface area (Å²) in [5, 5.41) is 4.14. The van der Waals surface area contributed by atoms with Gasteiger partial charge in [0.2, 0.25) is 0 Å². The number of hydrogen-bond donors (Lipinski definition) is 1. The monoisotopic (exact) mass is 259 g/mol. The highest BCUT2D eigenvalue weighted by molar-refractivity contribution is 5.89. The summed E-state index contributed by atoms with van der Waals surface area (Å²) in [6.45, 7) is 5.85. The van der Waals surface area contributed by atoms with E-state index in [9.17, 15) is 4.79 Å². The van der Waals surface area contributed by atoms with Gasteiger partial charge in [0, 0.05) is 12.1 Å². The number of carbonyl (C=O) groups is 1. The van der Waals surface area contributed by atoms with E-state index in [-0.39, 0.29) is 11.7 Å². The molecule has 0 amide bonds. The van der Waals surface area contributed by atoms with Crippen LogP contribution < -0.4 is 10.5 Å². The van der Waals surface area contributed by atoms with Crippen LogP contribution in [0.2, 0.25) is 0 Å². The Morgan fingerprint density at radius 1 is 1.32 bits per heavy atom. The zero-order valence-electron chi connectivity index (χ0n) is 11.3. The number of nitrogens with two attached hydrogens (primary N) is 1. The average Bonchev–Trinajstić information content (AvgIpc) is 2.74. The second kappa shape index (κ2) is 5.14. The van der Waals surface area contributed by atoms with E-state index in [4.69, 9.17) is 10.5 Å². The number of aromatic nitrogens is 2. The molecule has 1 heterocycles. The molecule has 0 unspecified atom stereocenters. The third-order valence-electron chi connectivity index (χ3n) is 2.69. The molecule has 0 atom stereocenters. The van der Waals surface area contributed by atoms with Gasteiger partial charge in [-0.25, -0.2) is 9.48 Å². The lowest BCUT2D eigenvalue weighted by Gasteiger charge is -2.06. The molecule has 1 aromatic heterocycles. The Labute approximate surface area is 112 Å². The first-order valence-corrected chi connectivity index (χ1v) is 6.11. The van der Waals surface area contributed by atoms with E-state index in [2.05, 4.69) is 5.10 Å². The summed E-state index contributed by atoms with van der Waals surface area (Å²) in [5.74, 6) is 0.439. The fraction of sp³-hybridized carbons (Fsp3) is 0.286. The van der Waals surface area contributed by atoms with Gasteiger partial charge in [0.1, 0.15) is 11.6 Å². The van der Waals surface area contributed by atoms with Crippen molar-refractivity contribution in [2.75, 3.05) is 5.73 Å². The van der Waals surface area contributed by atoms with Crippen molar-refractivity contribution in [1.82, 2.24) is 9.78 Å². The van der Waals surface area contributed by atoms with Crippen LogP contribution in [0.3, 0.4) is 0 Å². The Kier molecular flexibility index (Phi) is 3.55. The Bertz CT molecular complexity index is 585. The Hall–Kier alpha value is -2.30. The van der Waals surface area contributed by atoms with Crippen molar-refractivity contribution in [3.8, 4) is 5.75 Å². The molecule has 0 aliphatic carbocycles. The molecule has 0 radical (unpaired) electrons. The number of nitrogen functional groups attached to an aromatic ring is 1. The van der Waals surface area contributed by atoms with Crippen molar-refractivity contribution in [1.29, 1.82) is 0 Å². The van der Waals surface area contributed by atoms with Gasteiger partial charge in [0.15, 0.2) is 5.69 Å². The van der Waals surface area contributed by atoms with Gasteiger partial charge < -0.3 is 10.5 Å². The molecule has 0 fully saturated rings. The van der Waals surface area contributed by atoms with Gasteiger partial charge in [-0.1, -0.05) is 17.7 Å². The van der Waals surface area contributed by atoms with E-state index in [1.165, 1.54) is 6.07 Å². The number of hydrogen-bond acceptors (Lipinski definition) is 4. The minimum atomic E-state index is -0.505. The van der Waals surface area contributed by atoms with Crippen LogP contribution in [-0.2, 0) is 0 Å². The molecule has 2 rings (SSSR count). The van der Waals surface area contributed by atoms with Crippen LogP contribution >= 0.6 is 0 Å². The zero-order chi connectivity index (χ0) is 14.0. The van der Waals surface area contributed by atoms with Crippen molar-refractivity contribution in [2.24, 2.45) is 0 Å². The average molecular weight is 259 g/mol. The first-order chi connectivity index (χ1) is 8.97. The topological polar surface area (TPSA) is 70.1 Å². The van der Waals surface area contributed by atoms with Crippen molar-refractivity contribution < 1.29 is 9.53 Å². The van der Waals surface area contributed by atoms with Gasteiger partial charge in [-0.15, -0.1) is 0 Å². The maximum Gasteiger partial charge on any atom is 0.364 e. The van der Waals surface area contributed by atoms with Crippen molar-refractivity contribution in [2.45, 2.75) is 26.8 Å². The summed E-state index contributed by atoms with van der Waals surface area (Å²) in [6.07, 6.45) is 0. The van der Waals surface area contributed by atoms with Crippen molar-refractivity contribution in [3.63, 3.8) is 0 Å². The molecule has 2 aromatic rings. The fourth-order valence-electron chi connectivity index (χ4n) is 1.69. The Morgan fingerprint density at radius 2 is 1.95 bits per heavy atom. The summed E-state index contributed by atoms with van der Waals surface area (Å²) in [7, 11) is 0. The minimum absolute atomic E-state index is 0.0981. The first-order valence-electron chi connectivity index (χ1n) is 6.11. The number of ether oxygens (including phenoxy) is 1. The van der Waals surface area contributed by atoms with Gasteiger partial charge in [-0.2, -0.15) is 5.10 Å². The van der Waals surface area contributed by atoms with Gasteiger partial charge in [-0.3, -0.25) is 0 Å². The van der Waals surface area contributed by atoms with Crippen LogP contribution in [0.25, 0.3) is 0 Å². The number of aryl methyl sites for hydroxylation is 1. The maximum atomic E-state index is 11.9. The normalized spacial score (nSPS) is 10.7. The molecule has 0 spiro atoms. The van der Waals surface area contributed by atoms with Crippen molar-refractivity contribution in [3.05, 3.63) is 41.6 Å². The van der Waals surface area contributed by atoms with Gasteiger partial charge in [-0.05, 0) is 32.9 Å². The van der Waals surface area contributed by atoms with Crippen LogP contribution in [0.5, 0.6) is 5.75 Å². The minimum Gasteiger partial charge on any atom is -0.422 e. The van der Waals surface area contributed by atoms with Crippen LogP contribution in [0.1, 0.15) is 35.9 Å². The lowest BCUT2D eigenvalue weighted by Crippen LogP contribution is -2.11. The third-order valence-corrected chi connectivity index (χ3v) is 2.69. The maximum absolute atomic E-state index is 11.9. The van der Waals surface area contributed by atoms with E-state index in [0.717, 1.165) is 5.56 Å². The predicted octanol–water partition coefficient (Wildman–Crippen LogP) is 2.57. The highest BCUT2D eigenvalue weighted by Crippen LogP contribution is 2.16. The molecule has 0 saturated heterocycles. The van der Waals surface area contributed by atoms with Crippen molar-refractivity contribution >= 4 is 11.8 Å². The van der Waals surface area contributed by atoms with E-state index in [1.807, 2.05) is 32.9 Å². The molecule has 0 bridgehead atoms. The Morgan fingerprint density at radius 3 is 2.47 bits per heavy atom. The van der Waals surface area contributed by atoms with Gasteiger partial charge >= 0.3 is 5.97 Å². The second-order valence-electron chi connectivity index (χ2n) is 4.70. The molecule has 5 heteroatoms. The number of esters is 1. The number of carbonyl (C=O) groups excluding carboxylic acids is 1. The summed E-state index contributed by atoms with van der Waals surface area (Å²) in [5.41, 5.74) is 7.11. The number of anilines is 1. The SMILES string of the molecule is Cc1ccc(OC(=O)c2cc(N)n(C(C)C)n2)cc1. The first kappa shape index (κ1) is 13.1. The molecule has 0 saturated carbocycles. The molecule has 100 valence electrons. The highest BCUT2D eigenvalue weighted by Gasteiger charge is 2.16. The molecule has 1 aromatic carbocycles. The molecular formula is C14H17N3O2. The summed E-state index contributed by atoms with van der Waals surface area (Å²) >= 11 is 0. The Balaban J connectivity index is 2.16. The van der Waals surface area contributed by atoms with Gasteiger partial charge in [0.25, 0.3) is 0 Å². The summed E-state index contributed by atoms with van der Waals surface area (Å²) in [6, 6.07) is 8.87. The van der Waals surface area contributed by atoms with E-state index >= 15 is 0 Å². The third kappa shape index (κ3) is 2.93. The lowest BCUT2D eigenvalue weighted by atomic mass is 10.2. The number of benzene rings is 1. The van der Waals surface area contributed by atoms with E-state index < -0.39 is 5.97 Å². The zero-order valence-corrected chi connectivity index (χ0v) is 11.3. The standard InChI is InChI=1S/C14H17N3O2/c1-9(2)17-13(15)8-12(16-17)14(18)19-11-6-4-10(3)5-7-11/h4-9H,15H2,1-3H3. The molecule has 2 N–H and O–H groups in total. The molecule has 0 aliphatic heterocycles. The van der Waals surface area contributed by atoms with E-state index in [0.29, 0.717) is 11.6 Å². The summed E-state index contributed by atoms with van der Waals surface area (Å²) < 4.78 is 6.82. The van der Waals surface area contributed by atoms with Crippen LogP contribution in [0.4, 0.5) is 5.82 Å². The van der Waals surface area contributed by atoms with Crippen LogP contribution in [0.15, 0.2) is 30.3 Å². The molecular weight excluding hydrogens is 242 g/mol. The smallest absolute Gasteiger partial charge is 0.364 e. The molecule has 0 aliphatic rings. The largest absolute Gasteiger partial charge is 0.422 e. The van der Waals surface area contributed by atoms with Gasteiger partial charge in [0.05, 0.1) is 0 Å². The quantitative estimate of drug-likeness (QED) is 0.679. The summed E-state index contributed by atoms with van der Waals surface area (Å²) in [4.78, 5) is 11.9. The van der Waals surface area contributed by atoms with E-state index in [1.54, 1.807) is 16.8 Å².